The van der Waals surface area contributed by atoms with Gasteiger partial charge in [-0.1, -0.05) is 83.9 Å². The number of nitrogens with zero attached hydrogens (tertiary/aromatic N) is 3. The third kappa shape index (κ3) is 4.64. The lowest BCUT2D eigenvalue weighted by Gasteiger charge is -2.32. The number of rotatable bonds is 4. The molecular weight excluding hydrogens is 433 g/mol. The van der Waals surface area contributed by atoms with Gasteiger partial charge in [-0.2, -0.15) is 0 Å². The van der Waals surface area contributed by atoms with Crippen molar-refractivity contribution < 1.29 is 9.31 Å². The highest BCUT2D eigenvalue weighted by Gasteiger charge is 2.51. The highest BCUT2D eigenvalue weighted by atomic mass is 16.7. The lowest BCUT2D eigenvalue weighted by molar-refractivity contribution is 0.00578. The Kier molecular flexibility index (Phi) is 5.82. The fourth-order valence-corrected chi connectivity index (χ4v) is 3.94. The van der Waals surface area contributed by atoms with Crippen LogP contribution in [0.25, 0.3) is 34.2 Å². The maximum atomic E-state index is 6.21. The Bertz CT molecular complexity index is 1270. The van der Waals surface area contributed by atoms with Crippen LogP contribution >= 0.6 is 0 Å². The molecule has 1 saturated heterocycles. The van der Waals surface area contributed by atoms with Crippen molar-refractivity contribution in [3.63, 3.8) is 0 Å². The van der Waals surface area contributed by atoms with Crippen molar-refractivity contribution in [2.45, 2.75) is 52.7 Å². The summed E-state index contributed by atoms with van der Waals surface area (Å²) in [6.45, 7) is 12.4. The highest BCUT2D eigenvalue weighted by molar-refractivity contribution is 6.62. The molecule has 0 radical (unpaired) electrons. The van der Waals surface area contributed by atoms with Gasteiger partial charge in [-0.15, -0.1) is 0 Å². The molecule has 0 unspecified atom stereocenters. The zero-order valence-electron chi connectivity index (χ0n) is 21.2. The zero-order valence-corrected chi connectivity index (χ0v) is 21.2. The minimum atomic E-state index is -0.404. The average Bonchev–Trinajstić information content (AvgIpc) is 3.06. The second-order valence-electron chi connectivity index (χ2n) is 10.2. The normalized spacial score (nSPS) is 16.5. The van der Waals surface area contributed by atoms with Crippen LogP contribution in [0.5, 0.6) is 0 Å². The maximum absolute atomic E-state index is 6.21. The Labute approximate surface area is 207 Å². The summed E-state index contributed by atoms with van der Waals surface area (Å²) in [5.41, 5.74) is 5.43. The van der Waals surface area contributed by atoms with Crippen molar-refractivity contribution in [3.05, 3.63) is 83.9 Å². The van der Waals surface area contributed by atoms with E-state index in [0.717, 1.165) is 22.2 Å². The second kappa shape index (κ2) is 8.70. The molecule has 0 N–H and O–H groups in total. The fraction of sp³-hybridized carbons (Fsp3) is 0.276. The summed E-state index contributed by atoms with van der Waals surface area (Å²) < 4.78 is 12.4. The van der Waals surface area contributed by atoms with Crippen molar-refractivity contribution in [1.82, 2.24) is 15.0 Å². The molecule has 176 valence electrons. The van der Waals surface area contributed by atoms with Crippen LogP contribution < -0.4 is 5.46 Å². The molecule has 1 fully saturated rings. The molecule has 1 aromatic heterocycles. The zero-order chi connectivity index (χ0) is 24.8. The minimum Gasteiger partial charge on any atom is -0.399 e. The van der Waals surface area contributed by atoms with E-state index in [9.17, 15) is 0 Å². The smallest absolute Gasteiger partial charge is 0.399 e. The molecule has 2 heterocycles. The van der Waals surface area contributed by atoms with Gasteiger partial charge in [0.2, 0.25) is 0 Å². The van der Waals surface area contributed by atoms with Gasteiger partial charge < -0.3 is 9.31 Å². The van der Waals surface area contributed by atoms with Gasteiger partial charge >= 0.3 is 7.12 Å². The summed E-state index contributed by atoms with van der Waals surface area (Å²) in [5, 5.41) is 0. The summed E-state index contributed by atoms with van der Waals surface area (Å²) in [5.74, 6) is 1.94. The number of hydrogen-bond acceptors (Lipinski definition) is 5. The molecule has 0 spiro atoms. The van der Waals surface area contributed by atoms with E-state index in [1.165, 1.54) is 11.1 Å². The highest BCUT2D eigenvalue weighted by Crippen LogP contribution is 2.36. The molecule has 0 amide bonds. The van der Waals surface area contributed by atoms with Crippen LogP contribution in [-0.4, -0.2) is 33.3 Å². The van der Waals surface area contributed by atoms with Gasteiger partial charge in [0.1, 0.15) is 0 Å². The van der Waals surface area contributed by atoms with E-state index in [4.69, 9.17) is 24.3 Å². The number of aromatic nitrogens is 3. The lowest BCUT2D eigenvalue weighted by Crippen LogP contribution is -2.41. The number of aryl methyl sites for hydroxylation is 2. The molecular formula is C29H30BN3O2. The maximum Gasteiger partial charge on any atom is 0.494 e. The summed E-state index contributed by atoms with van der Waals surface area (Å²) in [7, 11) is -0.404. The molecule has 0 aliphatic carbocycles. The average molecular weight is 463 g/mol. The first-order valence-corrected chi connectivity index (χ1v) is 12.0. The predicted molar refractivity (Wildman–Crippen MR) is 141 cm³/mol. The second-order valence-corrected chi connectivity index (χ2v) is 10.2. The van der Waals surface area contributed by atoms with E-state index in [1.807, 2.05) is 24.3 Å². The Morgan fingerprint density at radius 3 is 1.17 bits per heavy atom. The molecule has 4 aromatic rings. The van der Waals surface area contributed by atoms with Crippen LogP contribution in [0.1, 0.15) is 38.8 Å². The minimum absolute atomic E-state index is 0.379. The van der Waals surface area contributed by atoms with Crippen molar-refractivity contribution >= 4 is 12.6 Å². The van der Waals surface area contributed by atoms with Crippen molar-refractivity contribution in [2.75, 3.05) is 0 Å². The molecule has 3 aromatic carbocycles. The Morgan fingerprint density at radius 1 is 0.514 bits per heavy atom. The van der Waals surface area contributed by atoms with Gasteiger partial charge in [0.15, 0.2) is 17.5 Å². The molecule has 0 bridgehead atoms. The van der Waals surface area contributed by atoms with Crippen LogP contribution in [0.4, 0.5) is 0 Å². The first kappa shape index (κ1) is 23.4. The number of benzene rings is 3. The van der Waals surface area contributed by atoms with Gasteiger partial charge in [0.05, 0.1) is 11.2 Å². The van der Waals surface area contributed by atoms with E-state index < -0.39 is 7.12 Å². The fourth-order valence-electron chi connectivity index (χ4n) is 3.94. The molecule has 1 aliphatic heterocycles. The first-order chi connectivity index (χ1) is 16.6. The van der Waals surface area contributed by atoms with Crippen molar-refractivity contribution in [3.8, 4) is 34.2 Å². The van der Waals surface area contributed by atoms with E-state index in [0.29, 0.717) is 17.5 Å². The predicted octanol–water partition coefficient (Wildman–Crippen LogP) is 5.79. The largest absolute Gasteiger partial charge is 0.494 e. The molecule has 5 rings (SSSR count). The van der Waals surface area contributed by atoms with E-state index >= 15 is 0 Å². The summed E-state index contributed by atoms with van der Waals surface area (Å²) in [6, 6.07) is 24.6. The van der Waals surface area contributed by atoms with Crippen LogP contribution in [0, 0.1) is 13.8 Å². The Balaban J connectivity index is 1.53. The van der Waals surface area contributed by atoms with E-state index in [2.05, 4.69) is 90.1 Å². The monoisotopic (exact) mass is 463 g/mol. The van der Waals surface area contributed by atoms with Crippen molar-refractivity contribution in [2.24, 2.45) is 0 Å². The molecule has 0 saturated carbocycles. The van der Waals surface area contributed by atoms with Gasteiger partial charge in [-0.3, -0.25) is 0 Å². The molecule has 5 nitrogen and oxygen atoms in total. The number of hydrogen-bond donors (Lipinski definition) is 0. The first-order valence-electron chi connectivity index (χ1n) is 12.0. The third-order valence-corrected chi connectivity index (χ3v) is 6.95. The van der Waals surface area contributed by atoms with Crippen LogP contribution in [0.3, 0.4) is 0 Å². The molecule has 6 heteroatoms. The SMILES string of the molecule is Cc1ccc(-c2nc(-c3ccc(C)cc3)nc(-c3ccc(B4OC(C)(C)C(C)(C)O4)cc3)n2)cc1. The Morgan fingerprint density at radius 2 is 0.829 bits per heavy atom. The quantitative estimate of drug-likeness (QED) is 0.359. The van der Waals surface area contributed by atoms with Crippen molar-refractivity contribution in [1.29, 1.82) is 0 Å². The van der Waals surface area contributed by atoms with Gasteiger partial charge in [-0.25, -0.2) is 15.0 Å². The summed E-state index contributed by atoms with van der Waals surface area (Å²) in [6.07, 6.45) is 0. The van der Waals surface area contributed by atoms with E-state index in [1.54, 1.807) is 0 Å². The molecule has 35 heavy (non-hydrogen) atoms. The van der Waals surface area contributed by atoms with Crippen LogP contribution in [0.15, 0.2) is 72.8 Å². The standard InChI is InChI=1S/C29H30BN3O2/c1-19-7-11-21(12-8-19)25-31-26(22-13-9-20(2)10-14-22)33-27(32-25)23-15-17-24(18-16-23)30-34-28(3,4)29(5,6)35-30/h7-18H,1-6H3. The van der Waals surface area contributed by atoms with Gasteiger partial charge in [0.25, 0.3) is 0 Å². The van der Waals surface area contributed by atoms with Crippen LogP contribution in [-0.2, 0) is 9.31 Å². The lowest BCUT2D eigenvalue weighted by atomic mass is 9.79. The summed E-state index contributed by atoms with van der Waals surface area (Å²) >= 11 is 0. The Hall–Kier alpha value is -3.35. The van der Waals surface area contributed by atoms with E-state index in [-0.39, 0.29) is 11.2 Å². The molecule has 1 aliphatic rings. The summed E-state index contributed by atoms with van der Waals surface area (Å²) in [4.78, 5) is 14.5. The van der Waals surface area contributed by atoms with Gasteiger partial charge in [-0.05, 0) is 47.0 Å². The van der Waals surface area contributed by atoms with Gasteiger partial charge in [0, 0.05) is 16.7 Å². The topological polar surface area (TPSA) is 57.1 Å². The molecule has 0 atom stereocenters. The van der Waals surface area contributed by atoms with Crippen LogP contribution in [0.2, 0.25) is 0 Å². The third-order valence-electron chi connectivity index (χ3n) is 6.95.